The molecule has 2 aliphatic heterocycles. The van der Waals surface area contributed by atoms with Crippen molar-refractivity contribution in [2.24, 2.45) is 11.8 Å². The van der Waals surface area contributed by atoms with Gasteiger partial charge in [0.05, 0.1) is 0 Å². The first-order valence-corrected chi connectivity index (χ1v) is 11.3. The summed E-state index contributed by atoms with van der Waals surface area (Å²) in [6, 6.07) is 10.6. The summed E-state index contributed by atoms with van der Waals surface area (Å²) >= 11 is 0. The maximum atomic E-state index is 12.4. The third kappa shape index (κ3) is 5.50. The van der Waals surface area contributed by atoms with E-state index in [9.17, 15) is 9.59 Å². The van der Waals surface area contributed by atoms with Crippen LogP contribution in [0.2, 0.25) is 0 Å². The highest BCUT2D eigenvalue weighted by molar-refractivity contribution is 5.82. The lowest BCUT2D eigenvalue weighted by Crippen LogP contribution is -2.47. The first kappa shape index (κ1) is 20.2. The zero-order valence-electron chi connectivity index (χ0n) is 17.4. The van der Waals surface area contributed by atoms with Crippen molar-refractivity contribution >= 4 is 17.5 Å². The summed E-state index contributed by atoms with van der Waals surface area (Å²) in [5, 5.41) is 3.13. The van der Waals surface area contributed by atoms with Crippen LogP contribution in [0.4, 0.5) is 5.69 Å². The zero-order chi connectivity index (χ0) is 20.1. The van der Waals surface area contributed by atoms with Crippen LogP contribution in [0.1, 0.15) is 32.1 Å². The Bertz CT molecular complexity index is 675. The van der Waals surface area contributed by atoms with E-state index in [4.69, 9.17) is 0 Å². The van der Waals surface area contributed by atoms with Gasteiger partial charge in [0.25, 0.3) is 0 Å². The molecule has 29 heavy (non-hydrogen) atoms. The van der Waals surface area contributed by atoms with Gasteiger partial charge in [0, 0.05) is 63.3 Å². The molecule has 0 radical (unpaired) electrons. The number of hydrogen-bond acceptors (Lipinski definition) is 4. The van der Waals surface area contributed by atoms with E-state index in [1.54, 1.807) is 0 Å². The molecule has 2 amide bonds. The lowest BCUT2D eigenvalue weighted by Gasteiger charge is -2.36. The molecule has 4 rings (SSSR count). The molecule has 1 aromatic carbocycles. The fraction of sp³-hybridized carbons (Fsp3) is 0.652. The molecule has 6 nitrogen and oxygen atoms in total. The van der Waals surface area contributed by atoms with E-state index >= 15 is 0 Å². The minimum Gasteiger partial charge on any atom is -0.369 e. The number of piperazine rings is 1. The molecular formula is C23H34N4O2. The number of likely N-dealkylation sites (tertiary alicyclic amines) is 1. The van der Waals surface area contributed by atoms with Crippen molar-refractivity contribution in [2.45, 2.75) is 32.1 Å². The highest BCUT2D eigenvalue weighted by Gasteiger charge is 2.35. The largest absolute Gasteiger partial charge is 0.369 e. The second kappa shape index (κ2) is 9.61. The van der Waals surface area contributed by atoms with E-state index in [0.29, 0.717) is 5.91 Å². The standard InChI is InChI=1S/C23H34N4O2/c28-22(19-9-13-27(14-10-19)23(29)20-7-8-20)24-11-4-12-25-15-17-26(18-16-25)21-5-2-1-3-6-21/h1-3,5-6,19-20H,4,7-18H2,(H,24,28). The van der Waals surface area contributed by atoms with Crippen molar-refractivity contribution in [3.63, 3.8) is 0 Å². The molecule has 2 heterocycles. The van der Waals surface area contributed by atoms with Crippen LogP contribution in [0, 0.1) is 11.8 Å². The van der Waals surface area contributed by atoms with Crippen LogP contribution in [-0.4, -0.2) is 74.0 Å². The summed E-state index contributed by atoms with van der Waals surface area (Å²) < 4.78 is 0. The zero-order valence-corrected chi connectivity index (χ0v) is 17.4. The number of rotatable bonds is 7. The average molecular weight is 399 g/mol. The highest BCUT2D eigenvalue weighted by Crippen LogP contribution is 2.32. The topological polar surface area (TPSA) is 55.9 Å². The van der Waals surface area contributed by atoms with Gasteiger partial charge in [-0.2, -0.15) is 0 Å². The number of nitrogens with one attached hydrogen (secondary N) is 1. The number of amides is 2. The second-order valence-corrected chi connectivity index (χ2v) is 8.68. The van der Waals surface area contributed by atoms with Crippen LogP contribution in [0.15, 0.2) is 30.3 Å². The number of piperidine rings is 1. The Morgan fingerprint density at radius 2 is 1.55 bits per heavy atom. The molecule has 3 aliphatic rings. The van der Waals surface area contributed by atoms with Gasteiger partial charge in [-0.1, -0.05) is 18.2 Å². The maximum Gasteiger partial charge on any atom is 0.225 e. The summed E-state index contributed by atoms with van der Waals surface area (Å²) in [5.74, 6) is 0.858. The normalized spacial score (nSPS) is 21.2. The van der Waals surface area contributed by atoms with Crippen LogP contribution in [-0.2, 0) is 9.59 Å². The average Bonchev–Trinajstić information content (AvgIpc) is 3.63. The predicted octanol–water partition coefficient (Wildman–Crippen LogP) is 1.96. The number of hydrogen-bond donors (Lipinski definition) is 1. The van der Waals surface area contributed by atoms with Crippen molar-refractivity contribution in [3.8, 4) is 0 Å². The summed E-state index contributed by atoms with van der Waals surface area (Å²) in [6.45, 7) is 7.57. The van der Waals surface area contributed by atoms with Gasteiger partial charge in [0.2, 0.25) is 11.8 Å². The van der Waals surface area contributed by atoms with Crippen molar-refractivity contribution in [1.82, 2.24) is 15.1 Å². The van der Waals surface area contributed by atoms with Gasteiger partial charge in [-0.25, -0.2) is 0 Å². The molecule has 2 saturated heterocycles. The molecule has 1 N–H and O–H groups in total. The smallest absolute Gasteiger partial charge is 0.225 e. The summed E-state index contributed by atoms with van der Waals surface area (Å²) in [7, 11) is 0. The molecule has 0 atom stereocenters. The lowest BCUT2D eigenvalue weighted by atomic mass is 9.95. The molecule has 6 heteroatoms. The number of para-hydroxylation sites is 1. The summed E-state index contributed by atoms with van der Waals surface area (Å²) in [5.41, 5.74) is 1.31. The van der Waals surface area contributed by atoms with E-state index in [0.717, 1.165) is 84.5 Å². The quantitative estimate of drug-likeness (QED) is 0.714. The monoisotopic (exact) mass is 398 g/mol. The Morgan fingerprint density at radius 1 is 0.862 bits per heavy atom. The van der Waals surface area contributed by atoms with E-state index in [2.05, 4.69) is 45.4 Å². The summed E-state index contributed by atoms with van der Waals surface area (Å²) in [6.07, 6.45) is 4.73. The molecule has 0 spiro atoms. The van der Waals surface area contributed by atoms with Crippen molar-refractivity contribution in [2.75, 3.05) is 57.3 Å². The second-order valence-electron chi connectivity index (χ2n) is 8.68. The minimum atomic E-state index is 0.0765. The Kier molecular flexibility index (Phi) is 6.70. The van der Waals surface area contributed by atoms with Crippen molar-refractivity contribution in [1.29, 1.82) is 0 Å². The number of nitrogens with zero attached hydrogens (tertiary/aromatic N) is 3. The molecule has 1 aromatic rings. The molecular weight excluding hydrogens is 364 g/mol. The third-order valence-electron chi connectivity index (χ3n) is 6.55. The molecule has 0 aromatic heterocycles. The minimum absolute atomic E-state index is 0.0765. The Morgan fingerprint density at radius 3 is 2.21 bits per heavy atom. The van der Waals surface area contributed by atoms with Gasteiger partial charge in [-0.15, -0.1) is 0 Å². The summed E-state index contributed by atoms with van der Waals surface area (Å²) in [4.78, 5) is 31.5. The molecule has 1 saturated carbocycles. The molecule has 158 valence electrons. The highest BCUT2D eigenvalue weighted by atomic mass is 16.2. The number of carbonyl (C=O) groups excluding carboxylic acids is 2. The Hall–Kier alpha value is -2.08. The van der Waals surface area contributed by atoms with E-state index < -0.39 is 0 Å². The van der Waals surface area contributed by atoms with Gasteiger partial charge in [0.15, 0.2) is 0 Å². The first-order valence-electron chi connectivity index (χ1n) is 11.3. The van der Waals surface area contributed by atoms with Crippen LogP contribution in [0.5, 0.6) is 0 Å². The van der Waals surface area contributed by atoms with Crippen LogP contribution in [0.3, 0.4) is 0 Å². The lowest BCUT2D eigenvalue weighted by molar-refractivity contribution is -0.136. The molecule has 0 bridgehead atoms. The first-order chi connectivity index (χ1) is 14.2. The van der Waals surface area contributed by atoms with Crippen LogP contribution >= 0.6 is 0 Å². The van der Waals surface area contributed by atoms with Crippen LogP contribution in [0.25, 0.3) is 0 Å². The van der Waals surface area contributed by atoms with E-state index in [1.165, 1.54) is 5.69 Å². The van der Waals surface area contributed by atoms with Gasteiger partial charge in [-0.05, 0) is 50.8 Å². The van der Waals surface area contributed by atoms with Gasteiger partial charge < -0.3 is 15.1 Å². The Labute approximate surface area is 174 Å². The van der Waals surface area contributed by atoms with Gasteiger partial charge in [-0.3, -0.25) is 14.5 Å². The van der Waals surface area contributed by atoms with Gasteiger partial charge in [0.1, 0.15) is 0 Å². The fourth-order valence-corrected chi connectivity index (χ4v) is 4.48. The van der Waals surface area contributed by atoms with Crippen LogP contribution < -0.4 is 10.2 Å². The van der Waals surface area contributed by atoms with E-state index in [-0.39, 0.29) is 17.7 Å². The fourth-order valence-electron chi connectivity index (χ4n) is 4.48. The number of carbonyl (C=O) groups is 2. The van der Waals surface area contributed by atoms with E-state index in [1.807, 2.05) is 4.90 Å². The molecule has 1 aliphatic carbocycles. The van der Waals surface area contributed by atoms with Gasteiger partial charge >= 0.3 is 0 Å². The SMILES string of the molecule is O=C(NCCCN1CCN(c2ccccc2)CC1)C1CCN(C(=O)C2CC2)CC1. The third-order valence-corrected chi connectivity index (χ3v) is 6.55. The molecule has 0 unspecified atom stereocenters. The predicted molar refractivity (Wildman–Crippen MR) is 115 cm³/mol. The van der Waals surface area contributed by atoms with Crippen molar-refractivity contribution < 1.29 is 9.59 Å². The Balaban J connectivity index is 1.08. The van der Waals surface area contributed by atoms with Crippen molar-refractivity contribution in [3.05, 3.63) is 30.3 Å². The molecule has 3 fully saturated rings. The maximum absolute atomic E-state index is 12.4. The number of benzene rings is 1. The number of anilines is 1.